The summed E-state index contributed by atoms with van der Waals surface area (Å²) in [4.78, 5) is 25.9. The van der Waals surface area contributed by atoms with E-state index in [2.05, 4.69) is 16.7 Å². The molecular formula is C18H25N3O3. The number of hydrogen-bond donors (Lipinski definition) is 2. The molecule has 2 aliphatic heterocycles. The standard InChI is InChI=1S/C18H25N3O3/c1-13-17(19-7-9-24-13)18(23)20-11-14-4-2-5-15(10-14)12-21-8-3-6-16(21)22/h2,4-5,10,13,17,19H,3,6-9,11-12H2,1H3,(H,20,23)/t13-,17+/m1/s1. The van der Waals surface area contributed by atoms with Crippen molar-refractivity contribution in [3.8, 4) is 0 Å². The van der Waals surface area contributed by atoms with Crippen molar-refractivity contribution in [2.24, 2.45) is 0 Å². The highest BCUT2D eigenvalue weighted by Crippen LogP contribution is 2.15. The lowest BCUT2D eigenvalue weighted by molar-refractivity contribution is -0.129. The smallest absolute Gasteiger partial charge is 0.240 e. The molecule has 2 aliphatic rings. The van der Waals surface area contributed by atoms with E-state index in [1.54, 1.807) is 0 Å². The lowest BCUT2D eigenvalue weighted by Crippen LogP contribution is -2.55. The summed E-state index contributed by atoms with van der Waals surface area (Å²) in [5, 5.41) is 6.15. The van der Waals surface area contributed by atoms with Crippen LogP contribution in [0.25, 0.3) is 0 Å². The first-order chi connectivity index (χ1) is 11.6. The summed E-state index contributed by atoms with van der Waals surface area (Å²) < 4.78 is 5.51. The van der Waals surface area contributed by atoms with Gasteiger partial charge in [-0.15, -0.1) is 0 Å². The molecule has 0 radical (unpaired) electrons. The topological polar surface area (TPSA) is 70.7 Å². The molecule has 24 heavy (non-hydrogen) atoms. The van der Waals surface area contributed by atoms with E-state index in [1.807, 2.05) is 30.0 Å². The molecule has 2 atom stereocenters. The van der Waals surface area contributed by atoms with Crippen LogP contribution < -0.4 is 10.6 Å². The van der Waals surface area contributed by atoms with Crippen LogP contribution in [0.5, 0.6) is 0 Å². The molecule has 0 spiro atoms. The van der Waals surface area contributed by atoms with Gasteiger partial charge in [-0.3, -0.25) is 9.59 Å². The highest BCUT2D eigenvalue weighted by molar-refractivity contribution is 5.82. The van der Waals surface area contributed by atoms with Gasteiger partial charge >= 0.3 is 0 Å². The molecular weight excluding hydrogens is 306 g/mol. The molecule has 2 heterocycles. The van der Waals surface area contributed by atoms with E-state index < -0.39 is 0 Å². The van der Waals surface area contributed by atoms with Crippen molar-refractivity contribution >= 4 is 11.8 Å². The van der Waals surface area contributed by atoms with Crippen molar-refractivity contribution in [3.63, 3.8) is 0 Å². The molecule has 2 N–H and O–H groups in total. The van der Waals surface area contributed by atoms with Crippen LogP contribution in [0.2, 0.25) is 0 Å². The maximum absolute atomic E-state index is 12.3. The van der Waals surface area contributed by atoms with Gasteiger partial charge in [0, 0.05) is 32.6 Å². The summed E-state index contributed by atoms with van der Waals surface area (Å²) in [5.41, 5.74) is 2.14. The Morgan fingerprint density at radius 3 is 3.00 bits per heavy atom. The van der Waals surface area contributed by atoms with E-state index >= 15 is 0 Å². The zero-order valence-electron chi connectivity index (χ0n) is 14.1. The number of hydrogen-bond acceptors (Lipinski definition) is 4. The Hall–Kier alpha value is -1.92. The van der Waals surface area contributed by atoms with Gasteiger partial charge in [0.25, 0.3) is 0 Å². The lowest BCUT2D eigenvalue weighted by atomic mass is 10.1. The maximum atomic E-state index is 12.3. The number of nitrogens with one attached hydrogen (secondary N) is 2. The fourth-order valence-electron chi connectivity index (χ4n) is 3.26. The molecule has 0 aliphatic carbocycles. The second-order valence-electron chi connectivity index (χ2n) is 6.46. The van der Waals surface area contributed by atoms with Crippen LogP contribution >= 0.6 is 0 Å². The maximum Gasteiger partial charge on any atom is 0.240 e. The van der Waals surface area contributed by atoms with E-state index in [4.69, 9.17) is 4.74 Å². The molecule has 1 aromatic carbocycles. The minimum Gasteiger partial charge on any atom is -0.375 e. The first-order valence-corrected chi connectivity index (χ1v) is 8.62. The summed E-state index contributed by atoms with van der Waals surface area (Å²) >= 11 is 0. The van der Waals surface area contributed by atoms with Gasteiger partial charge < -0.3 is 20.3 Å². The normalized spacial score (nSPS) is 24.2. The molecule has 6 heteroatoms. The van der Waals surface area contributed by atoms with Gasteiger partial charge in [-0.1, -0.05) is 24.3 Å². The van der Waals surface area contributed by atoms with Crippen molar-refractivity contribution < 1.29 is 14.3 Å². The molecule has 3 rings (SSSR count). The van der Waals surface area contributed by atoms with Crippen molar-refractivity contribution in [2.75, 3.05) is 19.7 Å². The van der Waals surface area contributed by atoms with Crippen molar-refractivity contribution in [1.82, 2.24) is 15.5 Å². The number of ether oxygens (including phenoxy) is 1. The Bertz CT molecular complexity index is 605. The Balaban J connectivity index is 1.54. The summed E-state index contributed by atoms with van der Waals surface area (Å²) in [6, 6.07) is 7.74. The van der Waals surface area contributed by atoms with Gasteiger partial charge in [0.2, 0.25) is 11.8 Å². The Labute approximate surface area is 142 Å². The molecule has 0 unspecified atom stereocenters. The van der Waals surface area contributed by atoms with Gasteiger partial charge in [0.15, 0.2) is 0 Å². The lowest BCUT2D eigenvalue weighted by Gasteiger charge is -2.29. The Morgan fingerprint density at radius 2 is 2.25 bits per heavy atom. The SMILES string of the molecule is C[C@H]1OCCN[C@@H]1C(=O)NCc1cccc(CN2CCCC2=O)c1. The number of amides is 2. The quantitative estimate of drug-likeness (QED) is 0.837. The Kier molecular flexibility index (Phi) is 5.48. The molecule has 0 saturated carbocycles. The average molecular weight is 331 g/mol. The zero-order chi connectivity index (χ0) is 16.9. The van der Waals surface area contributed by atoms with Crippen molar-refractivity contribution in [3.05, 3.63) is 35.4 Å². The van der Waals surface area contributed by atoms with Gasteiger partial charge in [0.1, 0.15) is 6.04 Å². The number of nitrogens with zero attached hydrogens (tertiary/aromatic N) is 1. The first kappa shape index (κ1) is 16.9. The molecule has 2 amide bonds. The number of carbonyl (C=O) groups excluding carboxylic acids is 2. The number of carbonyl (C=O) groups is 2. The molecule has 1 aromatic rings. The third kappa shape index (κ3) is 4.13. The van der Waals surface area contributed by atoms with Gasteiger partial charge in [-0.25, -0.2) is 0 Å². The summed E-state index contributed by atoms with van der Waals surface area (Å²) in [5.74, 6) is 0.188. The second kappa shape index (κ2) is 7.77. The van der Waals surface area contributed by atoms with Crippen LogP contribution in [0, 0.1) is 0 Å². The van der Waals surface area contributed by atoms with E-state index in [1.165, 1.54) is 0 Å². The monoisotopic (exact) mass is 331 g/mol. The van der Waals surface area contributed by atoms with Crippen LogP contribution in [0.1, 0.15) is 30.9 Å². The predicted molar refractivity (Wildman–Crippen MR) is 90.1 cm³/mol. The minimum absolute atomic E-state index is 0.0395. The number of rotatable bonds is 5. The molecule has 6 nitrogen and oxygen atoms in total. The summed E-state index contributed by atoms with van der Waals surface area (Å²) in [6.07, 6.45) is 1.49. The number of morpholine rings is 1. The van der Waals surface area contributed by atoms with Crippen LogP contribution in [0.3, 0.4) is 0 Å². The highest BCUT2D eigenvalue weighted by Gasteiger charge is 2.28. The first-order valence-electron chi connectivity index (χ1n) is 8.62. The largest absolute Gasteiger partial charge is 0.375 e. The molecule has 2 saturated heterocycles. The fraction of sp³-hybridized carbons (Fsp3) is 0.556. The predicted octanol–water partition coefficient (Wildman–Crippen LogP) is 0.802. The molecule has 130 valence electrons. The van der Waals surface area contributed by atoms with Gasteiger partial charge in [0.05, 0.1) is 12.7 Å². The Morgan fingerprint density at radius 1 is 1.42 bits per heavy atom. The van der Waals surface area contributed by atoms with E-state index in [0.29, 0.717) is 32.7 Å². The van der Waals surface area contributed by atoms with Crippen LogP contribution in [-0.4, -0.2) is 48.6 Å². The van der Waals surface area contributed by atoms with Crippen LogP contribution in [0.4, 0.5) is 0 Å². The summed E-state index contributed by atoms with van der Waals surface area (Å²) in [7, 11) is 0. The minimum atomic E-state index is -0.302. The van der Waals surface area contributed by atoms with Crippen molar-refractivity contribution in [1.29, 1.82) is 0 Å². The van der Waals surface area contributed by atoms with Crippen molar-refractivity contribution in [2.45, 2.75) is 45.0 Å². The second-order valence-corrected chi connectivity index (χ2v) is 6.46. The van der Waals surface area contributed by atoms with E-state index in [0.717, 1.165) is 24.1 Å². The molecule has 2 fully saturated rings. The number of likely N-dealkylation sites (tertiary alicyclic amines) is 1. The number of benzene rings is 1. The third-order valence-corrected chi connectivity index (χ3v) is 4.60. The molecule has 0 bridgehead atoms. The van der Waals surface area contributed by atoms with Crippen LogP contribution in [0.15, 0.2) is 24.3 Å². The fourth-order valence-corrected chi connectivity index (χ4v) is 3.26. The average Bonchev–Trinajstić information content (AvgIpc) is 2.98. The molecule has 0 aromatic heterocycles. The highest BCUT2D eigenvalue weighted by atomic mass is 16.5. The van der Waals surface area contributed by atoms with E-state index in [9.17, 15) is 9.59 Å². The summed E-state index contributed by atoms with van der Waals surface area (Å²) in [6.45, 7) is 5.21. The van der Waals surface area contributed by atoms with Gasteiger partial charge in [-0.05, 0) is 24.5 Å². The van der Waals surface area contributed by atoms with E-state index in [-0.39, 0.29) is 24.0 Å². The zero-order valence-corrected chi connectivity index (χ0v) is 14.1. The van der Waals surface area contributed by atoms with Gasteiger partial charge in [-0.2, -0.15) is 0 Å². The van der Waals surface area contributed by atoms with Crippen LogP contribution in [-0.2, 0) is 27.4 Å². The third-order valence-electron chi connectivity index (χ3n) is 4.60.